The monoisotopic (exact) mass is 452 g/mol. The van der Waals surface area contributed by atoms with Crippen LogP contribution in [0.2, 0.25) is 0 Å². The Morgan fingerprint density at radius 3 is 2.06 bits per heavy atom. The summed E-state index contributed by atoms with van der Waals surface area (Å²) >= 11 is 1.33. The van der Waals surface area contributed by atoms with Crippen LogP contribution in [0.5, 0.6) is 0 Å². The van der Waals surface area contributed by atoms with Crippen LogP contribution >= 0.6 is 11.8 Å². The van der Waals surface area contributed by atoms with Gasteiger partial charge in [0.2, 0.25) is 10.2 Å². The maximum absolute atomic E-state index is 12.2. The van der Waals surface area contributed by atoms with Gasteiger partial charge >= 0.3 is 0 Å². The molecule has 7 nitrogen and oxygen atoms in total. The van der Waals surface area contributed by atoms with Crippen LogP contribution in [0.15, 0.2) is 87.5 Å². The molecule has 4 rings (SSSR count). The lowest BCUT2D eigenvalue weighted by Gasteiger charge is -2.09. The molecule has 2 heterocycles. The lowest BCUT2D eigenvalue weighted by atomic mass is 10.0. The van der Waals surface area contributed by atoms with E-state index in [0.717, 1.165) is 21.1 Å². The number of sulfonamides is 1. The average Bonchev–Trinajstić information content (AvgIpc) is 3.28. The number of hydrogen-bond donors (Lipinski definition) is 0. The first-order valence-corrected chi connectivity index (χ1v) is 11.9. The Balaban J connectivity index is 1.61. The highest BCUT2D eigenvalue weighted by Crippen LogP contribution is 2.30. The molecule has 0 spiro atoms. The first-order chi connectivity index (χ1) is 14.9. The summed E-state index contributed by atoms with van der Waals surface area (Å²) in [6, 6.07) is 22.7. The van der Waals surface area contributed by atoms with E-state index in [1.807, 2.05) is 60.7 Å². The van der Waals surface area contributed by atoms with E-state index in [9.17, 15) is 8.42 Å². The Morgan fingerprint density at radius 2 is 1.45 bits per heavy atom. The maximum Gasteiger partial charge on any atom is 0.275 e. The van der Waals surface area contributed by atoms with Crippen molar-refractivity contribution in [3.8, 4) is 22.5 Å². The number of thioether (sulfide) groups is 1. The predicted octanol–water partition coefficient (Wildman–Crippen LogP) is 4.34. The smallest absolute Gasteiger partial charge is 0.275 e. The molecule has 9 heteroatoms. The van der Waals surface area contributed by atoms with Crippen molar-refractivity contribution >= 4 is 21.8 Å². The molecule has 0 aliphatic heterocycles. The molecule has 0 unspecified atom stereocenters. The number of hydrogen-bond acceptors (Lipinski definition) is 7. The average molecular weight is 453 g/mol. The van der Waals surface area contributed by atoms with Crippen LogP contribution in [0.4, 0.5) is 0 Å². The van der Waals surface area contributed by atoms with Crippen LogP contribution in [-0.4, -0.2) is 42.0 Å². The van der Waals surface area contributed by atoms with Gasteiger partial charge in [0.1, 0.15) is 17.1 Å². The van der Waals surface area contributed by atoms with Crippen LogP contribution in [0, 0.1) is 0 Å². The summed E-state index contributed by atoms with van der Waals surface area (Å²) < 4.78 is 31.0. The van der Waals surface area contributed by atoms with E-state index < -0.39 is 10.0 Å². The molecule has 2 aromatic carbocycles. The van der Waals surface area contributed by atoms with Gasteiger partial charge in [-0.1, -0.05) is 72.4 Å². The molecule has 0 amide bonds. The molecule has 0 aliphatic carbocycles. The van der Waals surface area contributed by atoms with E-state index in [-0.39, 0.29) is 5.09 Å². The maximum atomic E-state index is 12.2. The van der Waals surface area contributed by atoms with Crippen LogP contribution in [0.25, 0.3) is 22.5 Å². The van der Waals surface area contributed by atoms with Gasteiger partial charge in [-0.2, -0.15) is 0 Å². The van der Waals surface area contributed by atoms with Gasteiger partial charge in [-0.3, -0.25) is 0 Å². The fraction of sp³-hybridized carbons (Fsp3) is 0.136. The van der Waals surface area contributed by atoms with Gasteiger partial charge in [0, 0.05) is 25.2 Å². The fourth-order valence-electron chi connectivity index (χ4n) is 2.85. The van der Waals surface area contributed by atoms with Crippen LogP contribution in [-0.2, 0) is 15.8 Å². The predicted molar refractivity (Wildman–Crippen MR) is 120 cm³/mol. The third kappa shape index (κ3) is 4.68. The number of aromatic nitrogens is 3. The topological polar surface area (TPSA) is 89.2 Å². The molecule has 0 N–H and O–H groups in total. The zero-order valence-corrected chi connectivity index (χ0v) is 18.6. The van der Waals surface area contributed by atoms with E-state index in [1.54, 1.807) is 6.07 Å². The summed E-state index contributed by atoms with van der Waals surface area (Å²) in [7, 11) is -0.677. The zero-order chi connectivity index (χ0) is 21.8. The normalized spacial score (nSPS) is 11.7. The Bertz CT molecular complexity index is 1270. The summed E-state index contributed by atoms with van der Waals surface area (Å²) in [6.07, 6.45) is 0. The molecule has 0 saturated carbocycles. The highest BCUT2D eigenvalue weighted by atomic mass is 32.2. The molecular weight excluding hydrogens is 432 g/mol. The van der Waals surface area contributed by atoms with Crippen molar-refractivity contribution in [2.75, 3.05) is 14.1 Å². The molecule has 0 bridgehead atoms. The van der Waals surface area contributed by atoms with Gasteiger partial charge < -0.3 is 4.42 Å². The summed E-state index contributed by atoms with van der Waals surface area (Å²) in [6.45, 7) is 0. The molecule has 0 atom stereocenters. The van der Waals surface area contributed by atoms with Crippen molar-refractivity contribution in [3.05, 3.63) is 78.6 Å². The van der Waals surface area contributed by atoms with Crippen molar-refractivity contribution in [2.24, 2.45) is 0 Å². The third-order valence-corrected chi connectivity index (χ3v) is 7.03. The van der Waals surface area contributed by atoms with Gasteiger partial charge in [0.05, 0.1) is 5.75 Å². The number of furan rings is 1. The Morgan fingerprint density at radius 1 is 0.839 bits per heavy atom. The lowest BCUT2D eigenvalue weighted by molar-refractivity contribution is 0.408. The minimum atomic E-state index is -3.60. The van der Waals surface area contributed by atoms with Gasteiger partial charge in [-0.05, 0) is 12.1 Å². The van der Waals surface area contributed by atoms with Crippen LogP contribution < -0.4 is 0 Å². The summed E-state index contributed by atoms with van der Waals surface area (Å²) in [5, 5.41) is 9.10. The number of rotatable bonds is 7. The molecule has 158 valence electrons. The second-order valence-electron chi connectivity index (χ2n) is 6.82. The van der Waals surface area contributed by atoms with E-state index >= 15 is 0 Å². The summed E-state index contributed by atoms with van der Waals surface area (Å²) in [5.41, 5.74) is 3.31. The van der Waals surface area contributed by atoms with Crippen molar-refractivity contribution in [1.82, 2.24) is 19.5 Å². The molecule has 4 aromatic rings. The van der Waals surface area contributed by atoms with Crippen LogP contribution in [0.3, 0.4) is 0 Å². The number of nitrogens with zero attached hydrogens (tertiary/aromatic N) is 4. The van der Waals surface area contributed by atoms with Gasteiger partial charge in [-0.25, -0.2) is 17.7 Å². The van der Waals surface area contributed by atoms with E-state index in [4.69, 9.17) is 9.40 Å². The van der Waals surface area contributed by atoms with E-state index in [1.165, 1.54) is 31.9 Å². The Kier molecular flexibility index (Phi) is 6.17. The SMILES string of the molecule is CN(C)S(=O)(=O)c1ccc(CSc2nnc(-c3ccccc3)c(-c3ccccc3)n2)o1. The van der Waals surface area contributed by atoms with Gasteiger partial charge in [-0.15, -0.1) is 10.2 Å². The second-order valence-corrected chi connectivity index (χ2v) is 9.85. The Labute approximate surface area is 185 Å². The molecular formula is C22H20N4O3S2. The lowest BCUT2D eigenvalue weighted by Crippen LogP contribution is -2.21. The molecule has 0 saturated heterocycles. The first kappa shape index (κ1) is 21.2. The largest absolute Gasteiger partial charge is 0.447 e. The molecule has 2 aromatic heterocycles. The van der Waals surface area contributed by atoms with Crippen molar-refractivity contribution in [1.29, 1.82) is 0 Å². The van der Waals surface area contributed by atoms with Crippen LogP contribution in [0.1, 0.15) is 5.76 Å². The highest BCUT2D eigenvalue weighted by molar-refractivity contribution is 7.98. The second kappa shape index (κ2) is 9.01. The standard InChI is InChI=1S/C22H20N4O3S2/c1-26(2)31(27,28)19-14-13-18(29-19)15-30-22-23-20(16-9-5-3-6-10-16)21(24-25-22)17-11-7-4-8-12-17/h3-14H,15H2,1-2H3. The van der Waals surface area contributed by atoms with Crippen molar-refractivity contribution < 1.29 is 12.8 Å². The minimum absolute atomic E-state index is 0.0865. The summed E-state index contributed by atoms with van der Waals surface area (Å²) in [5.74, 6) is 0.895. The minimum Gasteiger partial charge on any atom is -0.447 e. The Hall–Kier alpha value is -3.01. The number of benzene rings is 2. The van der Waals surface area contributed by atoms with Gasteiger partial charge in [0.25, 0.3) is 10.0 Å². The highest BCUT2D eigenvalue weighted by Gasteiger charge is 2.22. The van der Waals surface area contributed by atoms with Crippen molar-refractivity contribution in [2.45, 2.75) is 16.0 Å². The third-order valence-electron chi connectivity index (χ3n) is 4.48. The molecule has 0 fully saturated rings. The first-order valence-electron chi connectivity index (χ1n) is 9.45. The molecule has 0 aliphatic rings. The van der Waals surface area contributed by atoms with E-state index in [0.29, 0.717) is 22.4 Å². The van der Waals surface area contributed by atoms with Crippen molar-refractivity contribution in [3.63, 3.8) is 0 Å². The molecule has 0 radical (unpaired) electrons. The van der Waals surface area contributed by atoms with Gasteiger partial charge in [0.15, 0.2) is 0 Å². The zero-order valence-electron chi connectivity index (χ0n) is 17.0. The molecule has 31 heavy (non-hydrogen) atoms. The van der Waals surface area contributed by atoms with E-state index in [2.05, 4.69) is 10.2 Å². The fourth-order valence-corrected chi connectivity index (χ4v) is 4.34. The summed E-state index contributed by atoms with van der Waals surface area (Å²) in [4.78, 5) is 4.74. The quantitative estimate of drug-likeness (QED) is 0.385.